The molecule has 0 saturated heterocycles. The lowest BCUT2D eigenvalue weighted by molar-refractivity contribution is 0.908. The fourth-order valence-corrected chi connectivity index (χ4v) is 3.49. The number of nitrogens with zero attached hydrogens (tertiary/aromatic N) is 2. The number of hydrogen-bond acceptors (Lipinski definition) is 2. The fraction of sp³-hybridized carbons (Fsp3) is 0.280. The maximum absolute atomic E-state index is 4.02. The van der Waals surface area contributed by atoms with Crippen LogP contribution in [0.3, 0.4) is 0 Å². The first-order valence-corrected chi connectivity index (χ1v) is 10.2. The van der Waals surface area contributed by atoms with E-state index < -0.39 is 0 Å². The first-order valence-electron chi connectivity index (χ1n) is 10.2. The minimum absolute atomic E-state index is 1.03. The molecule has 2 heterocycles. The SMILES string of the molecule is Cc1cccc(C)c1CCc1cnc[nH]1.Cc1cccc(CCc2cnc[nH]2)c1. The fourth-order valence-electron chi connectivity index (χ4n) is 3.49. The number of benzene rings is 2. The molecule has 0 fully saturated rings. The third kappa shape index (κ3) is 6.46. The number of H-pyrrole nitrogens is 2. The topological polar surface area (TPSA) is 57.4 Å². The highest BCUT2D eigenvalue weighted by atomic mass is 14.9. The van der Waals surface area contributed by atoms with Crippen molar-refractivity contribution in [2.75, 3.05) is 0 Å². The van der Waals surface area contributed by atoms with Crippen molar-refractivity contribution in [3.63, 3.8) is 0 Å². The minimum Gasteiger partial charge on any atom is -0.348 e. The Morgan fingerprint density at radius 3 is 1.83 bits per heavy atom. The number of aryl methyl sites for hydroxylation is 6. The van der Waals surface area contributed by atoms with Crippen LogP contribution in [-0.2, 0) is 25.7 Å². The van der Waals surface area contributed by atoms with Crippen molar-refractivity contribution in [1.82, 2.24) is 19.9 Å². The molecule has 4 heteroatoms. The summed E-state index contributed by atoms with van der Waals surface area (Å²) in [4.78, 5) is 14.3. The molecule has 0 saturated carbocycles. The standard InChI is InChI=1S/C13H16N2.C12H14N2/c1-10-4-3-5-11(2)13(10)7-6-12-8-14-9-15-12;1-10-3-2-4-11(7-10)5-6-12-8-13-9-14-12/h3-5,8-9H,6-7H2,1-2H3,(H,14,15);2-4,7-9H,5-6H2,1H3,(H,13,14). The van der Waals surface area contributed by atoms with E-state index in [1.165, 1.54) is 39.2 Å². The molecule has 0 amide bonds. The van der Waals surface area contributed by atoms with Gasteiger partial charge in [-0.15, -0.1) is 0 Å². The van der Waals surface area contributed by atoms with Crippen LogP contribution in [0, 0.1) is 20.8 Å². The van der Waals surface area contributed by atoms with Crippen LogP contribution >= 0.6 is 0 Å². The molecule has 0 spiro atoms. The zero-order valence-electron chi connectivity index (χ0n) is 17.6. The Hall–Kier alpha value is -3.14. The van der Waals surface area contributed by atoms with Gasteiger partial charge in [0.2, 0.25) is 0 Å². The Labute approximate surface area is 173 Å². The molecule has 0 unspecified atom stereocenters. The number of rotatable bonds is 6. The highest BCUT2D eigenvalue weighted by Gasteiger charge is 2.03. The number of hydrogen-bond donors (Lipinski definition) is 2. The number of imidazole rings is 2. The van der Waals surface area contributed by atoms with Gasteiger partial charge in [0.25, 0.3) is 0 Å². The number of aromatic amines is 2. The summed E-state index contributed by atoms with van der Waals surface area (Å²) in [6, 6.07) is 15.1. The normalized spacial score (nSPS) is 10.4. The molecule has 2 aromatic carbocycles. The summed E-state index contributed by atoms with van der Waals surface area (Å²) < 4.78 is 0. The molecule has 4 rings (SSSR count). The molecule has 2 aromatic heterocycles. The lowest BCUT2D eigenvalue weighted by Gasteiger charge is -2.08. The van der Waals surface area contributed by atoms with Crippen LogP contribution in [0.25, 0.3) is 0 Å². The van der Waals surface area contributed by atoms with Crippen molar-refractivity contribution < 1.29 is 0 Å². The zero-order valence-corrected chi connectivity index (χ0v) is 17.6. The van der Waals surface area contributed by atoms with Crippen LogP contribution in [0.2, 0.25) is 0 Å². The summed E-state index contributed by atoms with van der Waals surface area (Å²) in [5, 5.41) is 0. The van der Waals surface area contributed by atoms with Crippen molar-refractivity contribution >= 4 is 0 Å². The molecule has 0 radical (unpaired) electrons. The number of aromatic nitrogens is 4. The molecule has 29 heavy (non-hydrogen) atoms. The molecule has 4 nitrogen and oxygen atoms in total. The number of nitrogens with one attached hydrogen (secondary N) is 2. The van der Waals surface area contributed by atoms with Crippen molar-refractivity contribution in [2.24, 2.45) is 0 Å². The Morgan fingerprint density at radius 2 is 1.28 bits per heavy atom. The Balaban J connectivity index is 0.000000166. The lowest BCUT2D eigenvalue weighted by Crippen LogP contribution is -1.97. The van der Waals surface area contributed by atoms with Gasteiger partial charge in [0.1, 0.15) is 0 Å². The largest absolute Gasteiger partial charge is 0.348 e. The Kier molecular flexibility index (Phi) is 7.40. The third-order valence-electron chi connectivity index (χ3n) is 5.16. The van der Waals surface area contributed by atoms with Gasteiger partial charge >= 0.3 is 0 Å². The van der Waals surface area contributed by atoms with Gasteiger partial charge in [-0.1, -0.05) is 48.0 Å². The van der Waals surface area contributed by atoms with Gasteiger partial charge in [0.05, 0.1) is 12.7 Å². The molecule has 0 bridgehead atoms. The summed E-state index contributed by atoms with van der Waals surface area (Å²) in [7, 11) is 0. The second-order valence-corrected chi connectivity index (χ2v) is 7.51. The highest BCUT2D eigenvalue weighted by Crippen LogP contribution is 2.15. The van der Waals surface area contributed by atoms with E-state index in [2.05, 4.69) is 83.2 Å². The van der Waals surface area contributed by atoms with Crippen LogP contribution in [-0.4, -0.2) is 19.9 Å². The van der Waals surface area contributed by atoms with Gasteiger partial charge in [-0.2, -0.15) is 0 Å². The van der Waals surface area contributed by atoms with E-state index in [0.29, 0.717) is 0 Å². The zero-order chi connectivity index (χ0) is 20.5. The molecule has 0 atom stereocenters. The molecule has 4 aromatic rings. The van der Waals surface area contributed by atoms with Crippen LogP contribution in [0.4, 0.5) is 0 Å². The smallest absolute Gasteiger partial charge is 0.0921 e. The summed E-state index contributed by atoms with van der Waals surface area (Å²) >= 11 is 0. The van der Waals surface area contributed by atoms with E-state index in [1.807, 2.05) is 12.4 Å². The maximum Gasteiger partial charge on any atom is 0.0921 e. The Bertz CT molecular complexity index is 965. The van der Waals surface area contributed by atoms with Crippen LogP contribution < -0.4 is 0 Å². The molecular formula is C25H30N4. The van der Waals surface area contributed by atoms with E-state index in [1.54, 1.807) is 12.7 Å². The third-order valence-corrected chi connectivity index (χ3v) is 5.16. The lowest BCUT2D eigenvalue weighted by atomic mass is 9.98. The molecule has 0 aliphatic heterocycles. The Morgan fingerprint density at radius 1 is 0.690 bits per heavy atom. The second kappa shape index (κ2) is 10.4. The molecule has 150 valence electrons. The van der Waals surface area contributed by atoms with Crippen LogP contribution in [0.1, 0.15) is 39.2 Å². The van der Waals surface area contributed by atoms with Gasteiger partial charge in [0, 0.05) is 23.8 Å². The van der Waals surface area contributed by atoms with Crippen molar-refractivity contribution in [3.8, 4) is 0 Å². The summed E-state index contributed by atoms with van der Waals surface area (Å²) in [5.41, 5.74) is 9.35. The average Bonchev–Trinajstić information content (AvgIpc) is 3.41. The highest BCUT2D eigenvalue weighted by molar-refractivity contribution is 5.34. The summed E-state index contributed by atoms with van der Waals surface area (Å²) in [5.74, 6) is 0. The van der Waals surface area contributed by atoms with E-state index in [-0.39, 0.29) is 0 Å². The monoisotopic (exact) mass is 386 g/mol. The maximum atomic E-state index is 4.02. The van der Waals surface area contributed by atoms with Gasteiger partial charge in [-0.3, -0.25) is 0 Å². The predicted octanol–water partition coefficient (Wildman–Crippen LogP) is 5.32. The molecule has 2 N–H and O–H groups in total. The average molecular weight is 387 g/mol. The molecular weight excluding hydrogens is 356 g/mol. The van der Waals surface area contributed by atoms with Crippen molar-refractivity contribution in [1.29, 1.82) is 0 Å². The van der Waals surface area contributed by atoms with Crippen molar-refractivity contribution in [3.05, 3.63) is 107 Å². The summed E-state index contributed by atoms with van der Waals surface area (Å²) in [6.45, 7) is 6.48. The predicted molar refractivity (Wildman–Crippen MR) is 119 cm³/mol. The molecule has 0 aliphatic carbocycles. The van der Waals surface area contributed by atoms with E-state index in [0.717, 1.165) is 25.7 Å². The van der Waals surface area contributed by atoms with Crippen LogP contribution in [0.5, 0.6) is 0 Å². The van der Waals surface area contributed by atoms with Gasteiger partial charge in [0.15, 0.2) is 0 Å². The first-order chi connectivity index (χ1) is 14.1. The van der Waals surface area contributed by atoms with Crippen molar-refractivity contribution in [2.45, 2.75) is 46.5 Å². The van der Waals surface area contributed by atoms with Crippen LogP contribution in [0.15, 0.2) is 67.5 Å². The van der Waals surface area contributed by atoms with Gasteiger partial charge in [-0.05, 0) is 68.7 Å². The van der Waals surface area contributed by atoms with E-state index in [4.69, 9.17) is 0 Å². The quantitative estimate of drug-likeness (QED) is 0.471. The minimum atomic E-state index is 1.03. The summed E-state index contributed by atoms with van der Waals surface area (Å²) in [6.07, 6.45) is 11.5. The van der Waals surface area contributed by atoms with Gasteiger partial charge in [-0.25, -0.2) is 9.97 Å². The van der Waals surface area contributed by atoms with E-state index in [9.17, 15) is 0 Å². The second-order valence-electron chi connectivity index (χ2n) is 7.51. The van der Waals surface area contributed by atoms with Gasteiger partial charge < -0.3 is 9.97 Å². The molecule has 0 aliphatic rings. The van der Waals surface area contributed by atoms with E-state index >= 15 is 0 Å². The first kappa shape index (κ1) is 20.6.